The van der Waals surface area contributed by atoms with E-state index in [1.165, 1.54) is 7.11 Å². The third kappa shape index (κ3) is 5.97. The van der Waals surface area contributed by atoms with Crippen molar-refractivity contribution in [2.45, 2.75) is 58.4 Å². The van der Waals surface area contributed by atoms with Gasteiger partial charge in [-0.25, -0.2) is 13.2 Å². The van der Waals surface area contributed by atoms with Crippen molar-refractivity contribution in [3.63, 3.8) is 0 Å². The fourth-order valence-electron chi connectivity index (χ4n) is 4.14. The summed E-state index contributed by atoms with van der Waals surface area (Å²) in [7, 11) is -1.99. The molecule has 34 heavy (non-hydrogen) atoms. The molecule has 1 saturated carbocycles. The molecule has 0 aromatic heterocycles. The number of hydrogen-bond donors (Lipinski definition) is 2. The summed E-state index contributed by atoms with van der Waals surface area (Å²) in [6.45, 7) is 9.97. The average Bonchev–Trinajstić information content (AvgIpc) is 3.53. The lowest BCUT2D eigenvalue weighted by Gasteiger charge is -2.21. The van der Waals surface area contributed by atoms with E-state index in [1.807, 2.05) is 38.1 Å². The number of anilines is 1. The van der Waals surface area contributed by atoms with Crippen LogP contribution in [0.3, 0.4) is 0 Å². The number of aryl methyl sites for hydroxylation is 1. The lowest BCUT2D eigenvalue weighted by Crippen LogP contribution is -2.28. The van der Waals surface area contributed by atoms with Gasteiger partial charge in [-0.2, -0.15) is 0 Å². The van der Waals surface area contributed by atoms with Crippen LogP contribution in [0.25, 0.3) is 0 Å². The zero-order chi connectivity index (χ0) is 25.4. The summed E-state index contributed by atoms with van der Waals surface area (Å²) in [5, 5.41) is 3.06. The van der Waals surface area contributed by atoms with Gasteiger partial charge in [0.25, 0.3) is 0 Å². The average molecular weight is 487 g/mol. The van der Waals surface area contributed by atoms with E-state index in [0.29, 0.717) is 17.7 Å². The van der Waals surface area contributed by atoms with Gasteiger partial charge in [0.2, 0.25) is 15.9 Å². The topological polar surface area (TPSA) is 102 Å². The SMILES string of the molecule is COC(=O)c1cc(C(C)(C)C)ccc1C1CC1C(=O)N[C@H](C)c1ccc(NS(C)(=O)=O)c(C)c1. The van der Waals surface area contributed by atoms with Crippen molar-refractivity contribution in [2.75, 3.05) is 18.1 Å². The van der Waals surface area contributed by atoms with E-state index in [2.05, 4.69) is 30.8 Å². The third-order valence-electron chi connectivity index (χ3n) is 6.26. The maximum atomic E-state index is 13.0. The molecule has 0 radical (unpaired) electrons. The molecular formula is C26H34N2O5S. The standard InChI is InChI=1S/C26H34N2O5S/c1-15-12-17(8-11-23(15)28-34(7,31)32)16(2)27-24(29)21-14-20(21)19-10-9-18(26(3,4)5)13-22(19)25(30)33-6/h8-13,16,20-21,28H,14H2,1-7H3,(H,27,29)/t16-,20?,21?/m1/s1. The Hall–Kier alpha value is -2.87. The number of carbonyl (C=O) groups is 2. The lowest BCUT2D eigenvalue weighted by atomic mass is 9.84. The zero-order valence-electron chi connectivity index (χ0n) is 20.9. The Labute approximate surface area is 202 Å². The van der Waals surface area contributed by atoms with Gasteiger partial charge in [-0.1, -0.05) is 45.0 Å². The van der Waals surface area contributed by atoms with Crippen molar-refractivity contribution in [2.24, 2.45) is 5.92 Å². The summed E-state index contributed by atoms with van der Waals surface area (Å²) in [6.07, 6.45) is 1.78. The first-order chi connectivity index (χ1) is 15.7. The van der Waals surface area contributed by atoms with Crippen LogP contribution in [0.1, 0.15) is 78.7 Å². The number of benzene rings is 2. The summed E-state index contributed by atoms with van der Waals surface area (Å²) in [5.41, 5.74) is 4.47. The molecule has 7 nitrogen and oxygen atoms in total. The number of esters is 1. The molecule has 8 heteroatoms. The fraction of sp³-hybridized carbons (Fsp3) is 0.462. The highest BCUT2D eigenvalue weighted by Crippen LogP contribution is 2.49. The highest BCUT2D eigenvalue weighted by Gasteiger charge is 2.46. The molecule has 0 spiro atoms. The zero-order valence-corrected chi connectivity index (χ0v) is 21.7. The fourth-order valence-corrected chi connectivity index (χ4v) is 4.76. The molecule has 0 bridgehead atoms. The number of amides is 1. The summed E-state index contributed by atoms with van der Waals surface area (Å²) < 4.78 is 30.5. The van der Waals surface area contributed by atoms with Crippen LogP contribution in [0.15, 0.2) is 36.4 Å². The molecule has 1 fully saturated rings. The molecule has 0 saturated heterocycles. The van der Waals surface area contributed by atoms with Gasteiger partial charge in [-0.15, -0.1) is 0 Å². The molecule has 2 unspecified atom stereocenters. The minimum Gasteiger partial charge on any atom is -0.465 e. The lowest BCUT2D eigenvalue weighted by molar-refractivity contribution is -0.123. The summed E-state index contributed by atoms with van der Waals surface area (Å²) in [4.78, 5) is 25.4. The molecule has 3 rings (SSSR count). The second kappa shape index (κ2) is 9.41. The first-order valence-electron chi connectivity index (χ1n) is 11.3. The number of sulfonamides is 1. The van der Waals surface area contributed by atoms with Gasteiger partial charge in [-0.05, 0) is 66.0 Å². The van der Waals surface area contributed by atoms with Crippen LogP contribution < -0.4 is 10.0 Å². The van der Waals surface area contributed by atoms with Crippen LogP contribution in [0.4, 0.5) is 5.69 Å². The summed E-state index contributed by atoms with van der Waals surface area (Å²) in [6, 6.07) is 11.0. The van der Waals surface area contributed by atoms with Crippen molar-refractivity contribution in [3.05, 3.63) is 64.2 Å². The third-order valence-corrected chi connectivity index (χ3v) is 6.85. The van der Waals surface area contributed by atoms with E-state index in [9.17, 15) is 18.0 Å². The maximum Gasteiger partial charge on any atom is 0.338 e. The van der Waals surface area contributed by atoms with Crippen LogP contribution in [-0.2, 0) is 25.0 Å². The van der Waals surface area contributed by atoms with E-state index in [4.69, 9.17) is 4.74 Å². The molecule has 0 heterocycles. The number of rotatable bonds is 7. The predicted octanol–water partition coefficient (Wildman–Crippen LogP) is 4.43. The normalized spacial score (nSPS) is 18.7. The van der Waals surface area contributed by atoms with E-state index in [1.54, 1.807) is 12.1 Å². The van der Waals surface area contributed by atoms with Gasteiger partial charge in [0.1, 0.15) is 0 Å². The molecule has 184 valence electrons. The van der Waals surface area contributed by atoms with Gasteiger partial charge in [0.15, 0.2) is 0 Å². The monoisotopic (exact) mass is 486 g/mol. The number of nitrogens with one attached hydrogen (secondary N) is 2. The summed E-state index contributed by atoms with van der Waals surface area (Å²) >= 11 is 0. The molecule has 2 aromatic carbocycles. The molecule has 0 aliphatic heterocycles. The van der Waals surface area contributed by atoms with Crippen LogP contribution in [-0.4, -0.2) is 33.7 Å². The summed E-state index contributed by atoms with van der Waals surface area (Å²) in [5.74, 6) is -0.694. The van der Waals surface area contributed by atoms with Gasteiger partial charge in [0, 0.05) is 5.92 Å². The first kappa shape index (κ1) is 25.7. The Morgan fingerprint density at radius 3 is 2.35 bits per heavy atom. The Balaban J connectivity index is 1.73. The molecular weight excluding hydrogens is 452 g/mol. The van der Waals surface area contributed by atoms with Gasteiger partial charge in [0.05, 0.1) is 30.7 Å². The van der Waals surface area contributed by atoms with Crippen LogP contribution in [0.2, 0.25) is 0 Å². The minimum absolute atomic E-state index is 0.0293. The van der Waals surface area contributed by atoms with E-state index in [-0.39, 0.29) is 29.2 Å². The quantitative estimate of drug-likeness (QED) is 0.564. The van der Waals surface area contributed by atoms with Crippen LogP contribution in [0.5, 0.6) is 0 Å². The highest BCUT2D eigenvalue weighted by molar-refractivity contribution is 7.92. The second-order valence-corrected chi connectivity index (χ2v) is 11.9. The molecule has 1 aliphatic rings. The molecule has 1 amide bonds. The van der Waals surface area contributed by atoms with Crippen molar-refractivity contribution < 1.29 is 22.7 Å². The Bertz CT molecular complexity index is 1210. The van der Waals surface area contributed by atoms with Crippen LogP contribution >= 0.6 is 0 Å². The number of hydrogen-bond acceptors (Lipinski definition) is 5. The Morgan fingerprint density at radius 2 is 1.79 bits per heavy atom. The van der Waals surface area contributed by atoms with Gasteiger partial charge < -0.3 is 10.1 Å². The van der Waals surface area contributed by atoms with Crippen molar-refractivity contribution >= 4 is 27.6 Å². The first-order valence-corrected chi connectivity index (χ1v) is 13.2. The number of methoxy groups -OCH3 is 1. The molecule has 2 N–H and O–H groups in total. The Kier molecular flexibility index (Phi) is 7.12. The second-order valence-electron chi connectivity index (χ2n) is 10.2. The minimum atomic E-state index is -3.36. The number of ether oxygens (including phenoxy) is 1. The van der Waals surface area contributed by atoms with Crippen LogP contribution in [0, 0.1) is 12.8 Å². The van der Waals surface area contributed by atoms with E-state index < -0.39 is 16.0 Å². The number of carbonyl (C=O) groups excluding carboxylic acids is 2. The van der Waals surface area contributed by atoms with E-state index >= 15 is 0 Å². The van der Waals surface area contributed by atoms with Crippen molar-refractivity contribution in [1.29, 1.82) is 0 Å². The molecule has 2 aromatic rings. The maximum absolute atomic E-state index is 13.0. The highest BCUT2D eigenvalue weighted by atomic mass is 32.2. The van der Waals surface area contributed by atoms with E-state index in [0.717, 1.165) is 28.5 Å². The predicted molar refractivity (Wildman–Crippen MR) is 134 cm³/mol. The van der Waals surface area contributed by atoms with Crippen molar-refractivity contribution in [1.82, 2.24) is 5.32 Å². The largest absolute Gasteiger partial charge is 0.465 e. The molecule has 1 aliphatic carbocycles. The van der Waals surface area contributed by atoms with Gasteiger partial charge >= 0.3 is 5.97 Å². The smallest absolute Gasteiger partial charge is 0.338 e. The Morgan fingerprint density at radius 1 is 1.12 bits per heavy atom. The van der Waals surface area contributed by atoms with Crippen molar-refractivity contribution in [3.8, 4) is 0 Å². The van der Waals surface area contributed by atoms with Gasteiger partial charge in [-0.3, -0.25) is 9.52 Å². The molecule has 3 atom stereocenters.